The maximum atomic E-state index is 12.5. The lowest BCUT2D eigenvalue weighted by atomic mass is 10.0. The molecule has 0 saturated heterocycles. The van der Waals surface area contributed by atoms with E-state index >= 15 is 0 Å². The zero-order valence-electron chi connectivity index (χ0n) is 14.8. The van der Waals surface area contributed by atoms with E-state index in [1.54, 1.807) is 18.2 Å². The Morgan fingerprint density at radius 2 is 1.77 bits per heavy atom. The van der Waals surface area contributed by atoms with Crippen LogP contribution in [0.4, 0.5) is 5.69 Å². The van der Waals surface area contributed by atoms with Crippen LogP contribution in [0.2, 0.25) is 5.02 Å². The number of amides is 1. The number of hydrogen-bond acceptors (Lipinski definition) is 2. The summed E-state index contributed by atoms with van der Waals surface area (Å²) >= 11 is 6.10. The van der Waals surface area contributed by atoms with Gasteiger partial charge in [-0.2, -0.15) is 0 Å². The number of halogens is 1. The molecule has 1 amide bonds. The summed E-state index contributed by atoms with van der Waals surface area (Å²) in [6.45, 7) is 4.05. The van der Waals surface area contributed by atoms with Crippen LogP contribution < -0.4 is 10.1 Å². The van der Waals surface area contributed by atoms with E-state index in [1.807, 2.05) is 56.3 Å². The predicted molar refractivity (Wildman–Crippen MR) is 106 cm³/mol. The van der Waals surface area contributed by atoms with E-state index in [4.69, 9.17) is 16.3 Å². The fourth-order valence-electron chi connectivity index (χ4n) is 2.72. The predicted octanol–water partition coefficient (Wildman–Crippen LogP) is 5.93. The van der Waals surface area contributed by atoms with Gasteiger partial charge in [-0.05, 0) is 55.3 Å². The minimum absolute atomic E-state index is 0.114. The van der Waals surface area contributed by atoms with Crippen molar-refractivity contribution in [2.24, 2.45) is 0 Å². The Morgan fingerprint density at radius 3 is 2.50 bits per heavy atom. The first-order valence-electron chi connectivity index (χ1n) is 8.40. The van der Waals surface area contributed by atoms with Crippen LogP contribution >= 0.6 is 11.6 Å². The summed E-state index contributed by atoms with van der Waals surface area (Å²) in [5.41, 5.74) is 3.84. The summed E-state index contributed by atoms with van der Waals surface area (Å²) in [4.78, 5) is 12.5. The summed E-state index contributed by atoms with van der Waals surface area (Å²) < 4.78 is 5.88. The summed E-state index contributed by atoms with van der Waals surface area (Å²) in [6, 6.07) is 20.7. The molecule has 0 aromatic heterocycles. The number of para-hydroxylation sites is 1. The minimum Gasteiger partial charge on any atom is -0.455 e. The fraction of sp³-hybridized carbons (Fsp3) is 0.136. The van der Waals surface area contributed by atoms with Crippen LogP contribution in [-0.4, -0.2) is 5.91 Å². The number of rotatable bonds is 5. The van der Waals surface area contributed by atoms with Crippen molar-refractivity contribution in [3.05, 3.63) is 88.4 Å². The van der Waals surface area contributed by atoms with E-state index in [0.717, 1.165) is 11.1 Å². The highest BCUT2D eigenvalue weighted by Crippen LogP contribution is 2.32. The number of hydrogen-bond donors (Lipinski definition) is 1. The maximum Gasteiger partial charge on any atom is 0.228 e. The topological polar surface area (TPSA) is 38.3 Å². The van der Waals surface area contributed by atoms with E-state index in [0.29, 0.717) is 28.6 Å². The fourth-order valence-corrected chi connectivity index (χ4v) is 2.89. The summed E-state index contributed by atoms with van der Waals surface area (Å²) in [7, 11) is 0. The van der Waals surface area contributed by atoms with E-state index in [2.05, 4.69) is 11.4 Å². The van der Waals surface area contributed by atoms with Crippen LogP contribution in [0, 0.1) is 13.8 Å². The van der Waals surface area contributed by atoms with Crippen molar-refractivity contribution in [1.29, 1.82) is 0 Å². The van der Waals surface area contributed by atoms with E-state index in [1.165, 1.54) is 5.56 Å². The van der Waals surface area contributed by atoms with Crippen molar-refractivity contribution in [2.75, 3.05) is 5.32 Å². The van der Waals surface area contributed by atoms with Gasteiger partial charge in [0.15, 0.2) is 5.75 Å². The molecule has 1 N–H and O–H groups in total. The monoisotopic (exact) mass is 365 g/mol. The van der Waals surface area contributed by atoms with Gasteiger partial charge in [-0.15, -0.1) is 0 Å². The van der Waals surface area contributed by atoms with E-state index < -0.39 is 0 Å². The van der Waals surface area contributed by atoms with Gasteiger partial charge in [0, 0.05) is 5.02 Å². The normalized spacial score (nSPS) is 10.4. The van der Waals surface area contributed by atoms with Gasteiger partial charge in [0.1, 0.15) is 5.75 Å². The van der Waals surface area contributed by atoms with Crippen molar-refractivity contribution < 1.29 is 9.53 Å². The van der Waals surface area contributed by atoms with Crippen LogP contribution in [0.25, 0.3) is 0 Å². The molecule has 3 nitrogen and oxygen atoms in total. The first-order valence-corrected chi connectivity index (χ1v) is 8.77. The highest BCUT2D eigenvalue weighted by molar-refractivity contribution is 6.31. The Bertz CT molecular complexity index is 923. The van der Waals surface area contributed by atoms with E-state index in [-0.39, 0.29) is 5.91 Å². The first-order chi connectivity index (χ1) is 12.5. The van der Waals surface area contributed by atoms with Crippen molar-refractivity contribution in [3.8, 4) is 11.5 Å². The number of nitrogens with one attached hydrogen (secondary N) is 1. The highest BCUT2D eigenvalue weighted by atomic mass is 35.5. The number of anilines is 1. The standard InChI is InChI=1S/C22H20ClNO2/c1-15-8-9-17(16(2)12-15)13-22(25)24-20-14-18(23)10-11-21(20)26-19-6-4-3-5-7-19/h3-12,14H,13H2,1-2H3,(H,24,25). The largest absolute Gasteiger partial charge is 0.455 e. The van der Waals surface area contributed by atoms with Crippen LogP contribution in [0.5, 0.6) is 11.5 Å². The molecular formula is C22H20ClNO2. The first kappa shape index (κ1) is 18.0. The third-order valence-electron chi connectivity index (χ3n) is 4.04. The quantitative estimate of drug-likeness (QED) is 0.608. The molecule has 3 aromatic rings. The second kappa shape index (κ2) is 8.07. The molecule has 3 aromatic carbocycles. The molecule has 0 spiro atoms. The molecule has 26 heavy (non-hydrogen) atoms. The average molecular weight is 366 g/mol. The lowest BCUT2D eigenvalue weighted by molar-refractivity contribution is -0.115. The van der Waals surface area contributed by atoms with Crippen molar-refractivity contribution in [2.45, 2.75) is 20.3 Å². The van der Waals surface area contributed by atoms with Gasteiger partial charge < -0.3 is 10.1 Å². The van der Waals surface area contributed by atoms with Gasteiger partial charge >= 0.3 is 0 Å². The Balaban J connectivity index is 1.78. The maximum absolute atomic E-state index is 12.5. The molecule has 132 valence electrons. The second-order valence-corrected chi connectivity index (χ2v) is 6.65. The number of benzene rings is 3. The number of carbonyl (C=O) groups is 1. The molecule has 0 aliphatic rings. The highest BCUT2D eigenvalue weighted by Gasteiger charge is 2.12. The van der Waals surface area contributed by atoms with Gasteiger partial charge in [-0.3, -0.25) is 4.79 Å². The van der Waals surface area contributed by atoms with Gasteiger partial charge in [-0.25, -0.2) is 0 Å². The van der Waals surface area contributed by atoms with Crippen LogP contribution in [0.1, 0.15) is 16.7 Å². The number of carbonyl (C=O) groups excluding carboxylic acids is 1. The Morgan fingerprint density at radius 1 is 1.00 bits per heavy atom. The summed E-state index contributed by atoms with van der Waals surface area (Å²) in [6.07, 6.45) is 0.295. The van der Waals surface area contributed by atoms with Gasteiger partial charge in [0.25, 0.3) is 0 Å². The molecule has 0 atom stereocenters. The van der Waals surface area contributed by atoms with Crippen molar-refractivity contribution in [1.82, 2.24) is 0 Å². The Hall–Kier alpha value is -2.78. The van der Waals surface area contributed by atoms with Gasteiger partial charge in [-0.1, -0.05) is 53.6 Å². The lowest BCUT2D eigenvalue weighted by Crippen LogP contribution is -2.15. The third-order valence-corrected chi connectivity index (χ3v) is 4.27. The summed E-state index contributed by atoms with van der Waals surface area (Å²) in [5.74, 6) is 1.13. The molecule has 0 unspecified atom stereocenters. The molecule has 0 radical (unpaired) electrons. The average Bonchev–Trinajstić information content (AvgIpc) is 2.61. The molecule has 3 rings (SSSR count). The molecule has 0 bridgehead atoms. The van der Waals surface area contributed by atoms with Crippen molar-refractivity contribution in [3.63, 3.8) is 0 Å². The molecule has 4 heteroatoms. The van der Waals surface area contributed by atoms with Gasteiger partial charge in [0.2, 0.25) is 5.91 Å². The number of aryl methyl sites for hydroxylation is 2. The zero-order valence-corrected chi connectivity index (χ0v) is 15.5. The molecule has 0 aliphatic heterocycles. The Kier molecular flexibility index (Phi) is 5.59. The smallest absolute Gasteiger partial charge is 0.228 e. The van der Waals surface area contributed by atoms with Crippen LogP contribution in [0.3, 0.4) is 0 Å². The molecular weight excluding hydrogens is 346 g/mol. The SMILES string of the molecule is Cc1ccc(CC(=O)Nc2cc(Cl)ccc2Oc2ccccc2)c(C)c1. The van der Waals surface area contributed by atoms with Crippen LogP contribution in [-0.2, 0) is 11.2 Å². The second-order valence-electron chi connectivity index (χ2n) is 6.21. The number of ether oxygens (including phenoxy) is 1. The van der Waals surface area contributed by atoms with Crippen molar-refractivity contribution >= 4 is 23.2 Å². The van der Waals surface area contributed by atoms with Crippen LogP contribution in [0.15, 0.2) is 66.7 Å². The minimum atomic E-state index is -0.114. The molecule has 0 saturated carbocycles. The third kappa shape index (κ3) is 4.64. The Labute approximate surface area is 158 Å². The molecule has 0 aliphatic carbocycles. The molecule has 0 fully saturated rings. The zero-order chi connectivity index (χ0) is 18.5. The van der Waals surface area contributed by atoms with E-state index in [9.17, 15) is 4.79 Å². The summed E-state index contributed by atoms with van der Waals surface area (Å²) in [5, 5.41) is 3.45. The lowest BCUT2D eigenvalue weighted by Gasteiger charge is -2.13. The van der Waals surface area contributed by atoms with Gasteiger partial charge in [0.05, 0.1) is 12.1 Å². The molecule has 0 heterocycles.